The molecule has 0 aliphatic rings. The lowest BCUT2D eigenvalue weighted by Gasteiger charge is -2.20. The molecule has 0 aromatic heterocycles. The van der Waals surface area contributed by atoms with E-state index >= 15 is 0 Å². The number of carbonyl (C=O) groups is 1. The average molecular weight is 420 g/mol. The van der Waals surface area contributed by atoms with E-state index in [0.29, 0.717) is 10.6 Å². The molecule has 30 heavy (non-hydrogen) atoms. The van der Waals surface area contributed by atoms with E-state index in [-0.39, 0.29) is 11.9 Å². The van der Waals surface area contributed by atoms with E-state index in [0.717, 1.165) is 34.4 Å². The van der Waals surface area contributed by atoms with E-state index in [4.69, 9.17) is 16.3 Å². The van der Waals surface area contributed by atoms with Crippen LogP contribution in [0.15, 0.2) is 72.8 Å². The number of benzene rings is 3. The van der Waals surface area contributed by atoms with Gasteiger partial charge in [-0.2, -0.15) is 0 Å². The van der Waals surface area contributed by atoms with Crippen molar-refractivity contribution in [1.29, 1.82) is 0 Å². The highest BCUT2D eigenvalue weighted by Crippen LogP contribution is 2.27. The van der Waals surface area contributed by atoms with Crippen molar-refractivity contribution in [2.75, 3.05) is 7.11 Å². The molecule has 0 saturated carbocycles. The summed E-state index contributed by atoms with van der Waals surface area (Å²) in [6.45, 7) is 4.06. The number of rotatable bonds is 7. The fraction of sp³-hybridized carbons (Fsp3) is 0.192. The minimum atomic E-state index is -0.138. The highest BCUT2D eigenvalue weighted by Gasteiger charge is 2.18. The Hall–Kier alpha value is -3.04. The number of hydrogen-bond acceptors (Lipinski definition) is 2. The van der Waals surface area contributed by atoms with Gasteiger partial charge in [0.15, 0.2) is 0 Å². The monoisotopic (exact) mass is 419 g/mol. The zero-order valence-corrected chi connectivity index (χ0v) is 18.2. The molecule has 0 aliphatic heterocycles. The molecule has 1 atom stereocenters. The van der Waals surface area contributed by atoms with Crippen LogP contribution in [0.4, 0.5) is 0 Å². The molecular formula is C26H26ClNO2. The second kappa shape index (κ2) is 10.1. The Labute approximate surface area is 183 Å². The predicted octanol–water partition coefficient (Wildman–Crippen LogP) is 6.47. The lowest BCUT2D eigenvalue weighted by Crippen LogP contribution is -2.29. The van der Waals surface area contributed by atoms with Gasteiger partial charge < -0.3 is 10.1 Å². The molecular weight excluding hydrogens is 394 g/mol. The first-order chi connectivity index (χ1) is 14.5. The summed E-state index contributed by atoms with van der Waals surface area (Å²) < 4.78 is 5.36. The zero-order chi connectivity index (χ0) is 21.5. The van der Waals surface area contributed by atoms with Crippen LogP contribution in [0.2, 0.25) is 5.02 Å². The Morgan fingerprint density at radius 3 is 2.40 bits per heavy atom. The summed E-state index contributed by atoms with van der Waals surface area (Å²) in [5, 5.41) is 3.80. The quantitative estimate of drug-likeness (QED) is 0.352. The first kappa shape index (κ1) is 21.7. The third-order valence-corrected chi connectivity index (χ3v) is 5.41. The van der Waals surface area contributed by atoms with Crippen LogP contribution in [0.3, 0.4) is 0 Å². The lowest BCUT2D eigenvalue weighted by molar-refractivity contribution is -0.116. The minimum absolute atomic E-state index is 0.111. The van der Waals surface area contributed by atoms with Gasteiger partial charge in [0, 0.05) is 10.6 Å². The maximum absolute atomic E-state index is 13.4. The van der Waals surface area contributed by atoms with E-state index in [9.17, 15) is 4.79 Å². The molecule has 0 saturated heterocycles. The normalized spacial score (nSPS) is 12.3. The van der Waals surface area contributed by atoms with Crippen LogP contribution in [-0.2, 0) is 4.79 Å². The minimum Gasteiger partial charge on any atom is -0.496 e. The topological polar surface area (TPSA) is 38.3 Å². The van der Waals surface area contributed by atoms with Gasteiger partial charge >= 0.3 is 0 Å². The van der Waals surface area contributed by atoms with Crippen LogP contribution in [0.25, 0.3) is 11.6 Å². The summed E-state index contributed by atoms with van der Waals surface area (Å²) in [5.41, 5.74) is 4.32. The molecule has 1 amide bonds. The highest BCUT2D eigenvalue weighted by atomic mass is 35.5. The van der Waals surface area contributed by atoms with Gasteiger partial charge in [-0.3, -0.25) is 4.79 Å². The lowest BCUT2D eigenvalue weighted by atomic mass is 9.98. The maximum Gasteiger partial charge on any atom is 0.252 e. The summed E-state index contributed by atoms with van der Waals surface area (Å²) in [6, 6.07) is 23.1. The molecule has 0 radical (unpaired) electrons. The summed E-state index contributed by atoms with van der Waals surface area (Å²) in [4.78, 5) is 13.4. The SMILES string of the molecule is CC[C@@H](NC(=O)/C(=C/c1ccccc1Cl)c1ccccc1)c1ccc(OC)c(C)c1. The third kappa shape index (κ3) is 5.11. The highest BCUT2D eigenvalue weighted by molar-refractivity contribution is 6.33. The van der Waals surface area contributed by atoms with E-state index in [2.05, 4.69) is 18.3 Å². The molecule has 0 unspecified atom stereocenters. The van der Waals surface area contributed by atoms with Gasteiger partial charge in [-0.25, -0.2) is 0 Å². The van der Waals surface area contributed by atoms with Gasteiger partial charge in [-0.15, -0.1) is 0 Å². The first-order valence-corrected chi connectivity index (χ1v) is 10.4. The van der Waals surface area contributed by atoms with E-state index < -0.39 is 0 Å². The van der Waals surface area contributed by atoms with E-state index in [1.165, 1.54) is 0 Å². The van der Waals surface area contributed by atoms with Crippen molar-refractivity contribution >= 4 is 29.2 Å². The Morgan fingerprint density at radius 1 is 1.07 bits per heavy atom. The number of ether oxygens (including phenoxy) is 1. The number of carbonyl (C=O) groups excluding carboxylic acids is 1. The number of aryl methyl sites for hydroxylation is 1. The molecule has 0 heterocycles. The van der Waals surface area contributed by atoms with Crippen molar-refractivity contribution in [2.24, 2.45) is 0 Å². The Balaban J connectivity index is 1.95. The van der Waals surface area contributed by atoms with Crippen LogP contribution in [-0.4, -0.2) is 13.0 Å². The number of methoxy groups -OCH3 is 1. The van der Waals surface area contributed by atoms with Gasteiger partial charge in [0.1, 0.15) is 5.75 Å². The van der Waals surface area contributed by atoms with Gasteiger partial charge in [-0.1, -0.05) is 79.2 Å². The second-order valence-corrected chi connectivity index (χ2v) is 7.52. The zero-order valence-electron chi connectivity index (χ0n) is 17.5. The average Bonchev–Trinajstić information content (AvgIpc) is 2.77. The van der Waals surface area contributed by atoms with Crippen LogP contribution in [0.1, 0.15) is 41.6 Å². The molecule has 0 aliphatic carbocycles. The summed E-state index contributed by atoms with van der Waals surface area (Å²) >= 11 is 6.35. The van der Waals surface area contributed by atoms with Crippen LogP contribution in [0, 0.1) is 6.92 Å². The van der Waals surface area contributed by atoms with E-state index in [1.54, 1.807) is 7.11 Å². The number of halogens is 1. The molecule has 4 heteroatoms. The number of amides is 1. The van der Waals surface area contributed by atoms with Gasteiger partial charge in [0.05, 0.1) is 13.2 Å². The molecule has 3 aromatic carbocycles. The predicted molar refractivity (Wildman–Crippen MR) is 125 cm³/mol. The summed E-state index contributed by atoms with van der Waals surface area (Å²) in [7, 11) is 1.66. The molecule has 3 rings (SSSR count). The Kier molecular flexibility index (Phi) is 7.31. The van der Waals surface area contributed by atoms with Crippen molar-refractivity contribution in [2.45, 2.75) is 26.3 Å². The maximum atomic E-state index is 13.4. The fourth-order valence-corrected chi connectivity index (χ4v) is 3.61. The van der Waals surface area contributed by atoms with Gasteiger partial charge in [0.2, 0.25) is 0 Å². The van der Waals surface area contributed by atoms with Crippen molar-refractivity contribution in [3.63, 3.8) is 0 Å². The van der Waals surface area contributed by atoms with Crippen molar-refractivity contribution in [3.8, 4) is 5.75 Å². The summed E-state index contributed by atoms with van der Waals surface area (Å²) in [5.74, 6) is 0.699. The molecule has 0 spiro atoms. The molecule has 0 fully saturated rings. The molecule has 1 N–H and O–H groups in total. The van der Waals surface area contributed by atoms with Gasteiger partial charge in [-0.05, 0) is 53.8 Å². The second-order valence-electron chi connectivity index (χ2n) is 7.11. The largest absolute Gasteiger partial charge is 0.496 e. The van der Waals surface area contributed by atoms with Crippen molar-refractivity contribution in [1.82, 2.24) is 5.32 Å². The Morgan fingerprint density at radius 2 is 1.77 bits per heavy atom. The van der Waals surface area contributed by atoms with Crippen LogP contribution in [0.5, 0.6) is 5.75 Å². The molecule has 3 nitrogen and oxygen atoms in total. The van der Waals surface area contributed by atoms with Gasteiger partial charge in [0.25, 0.3) is 5.91 Å². The Bertz CT molecular complexity index is 1040. The number of nitrogens with one attached hydrogen (secondary N) is 1. The first-order valence-electron chi connectivity index (χ1n) is 10.0. The standard InChI is InChI=1S/C26H26ClNO2/c1-4-24(21-14-15-25(30-3)18(2)16-21)28-26(29)22(19-10-6-5-7-11-19)17-20-12-8-9-13-23(20)27/h5-17,24H,4H2,1-3H3,(H,28,29)/b22-17+/t24-/m1/s1. The molecule has 0 bridgehead atoms. The fourth-order valence-electron chi connectivity index (χ4n) is 3.42. The molecule has 154 valence electrons. The van der Waals surface area contributed by atoms with Crippen LogP contribution < -0.4 is 10.1 Å². The van der Waals surface area contributed by atoms with Crippen molar-refractivity contribution in [3.05, 3.63) is 100 Å². The molecule has 3 aromatic rings. The number of hydrogen-bond donors (Lipinski definition) is 1. The smallest absolute Gasteiger partial charge is 0.252 e. The van der Waals surface area contributed by atoms with Crippen LogP contribution >= 0.6 is 11.6 Å². The van der Waals surface area contributed by atoms with E-state index in [1.807, 2.05) is 79.7 Å². The third-order valence-electron chi connectivity index (χ3n) is 5.07. The summed E-state index contributed by atoms with van der Waals surface area (Å²) in [6.07, 6.45) is 2.62. The van der Waals surface area contributed by atoms with Crippen molar-refractivity contribution < 1.29 is 9.53 Å².